The third-order valence-electron chi connectivity index (χ3n) is 2.85. The number of carbonyl (C=O) groups excluding carboxylic acids is 1. The van der Waals surface area contributed by atoms with Gasteiger partial charge in [0.2, 0.25) is 5.56 Å². The first-order valence-corrected chi connectivity index (χ1v) is 6.51. The molecule has 2 rings (SSSR count). The molecule has 6 nitrogen and oxygen atoms in total. The lowest BCUT2D eigenvalue weighted by Crippen LogP contribution is -2.18. The Morgan fingerprint density at radius 2 is 2.10 bits per heavy atom. The maximum Gasteiger partial charge on any atom is 0.255 e. The van der Waals surface area contributed by atoms with E-state index in [1.807, 2.05) is 6.92 Å². The number of pyridine rings is 1. The number of ether oxygens (including phenoxy) is 1. The molecule has 0 aliphatic heterocycles. The van der Waals surface area contributed by atoms with Gasteiger partial charge in [0.25, 0.3) is 5.91 Å². The van der Waals surface area contributed by atoms with Crippen LogP contribution >= 0.6 is 0 Å². The fourth-order valence-electron chi connectivity index (χ4n) is 1.87. The Morgan fingerprint density at radius 3 is 2.76 bits per heavy atom. The number of rotatable bonds is 4. The van der Waals surface area contributed by atoms with Gasteiger partial charge in [0.15, 0.2) is 0 Å². The molecule has 1 amide bonds. The highest BCUT2D eigenvalue weighted by Gasteiger charge is 2.09. The van der Waals surface area contributed by atoms with Gasteiger partial charge in [-0.2, -0.15) is 0 Å². The molecule has 6 heteroatoms. The maximum atomic E-state index is 12.2. The van der Waals surface area contributed by atoms with Crippen LogP contribution in [0.1, 0.15) is 17.3 Å². The second-order valence-corrected chi connectivity index (χ2v) is 4.54. The summed E-state index contributed by atoms with van der Waals surface area (Å²) >= 11 is 0. The molecule has 0 bridgehead atoms. The second-order valence-electron chi connectivity index (χ2n) is 4.54. The van der Waals surface area contributed by atoms with Crippen LogP contribution in [0.4, 0.5) is 11.4 Å². The van der Waals surface area contributed by atoms with Crippen molar-refractivity contribution in [1.29, 1.82) is 0 Å². The zero-order valence-corrected chi connectivity index (χ0v) is 11.9. The van der Waals surface area contributed by atoms with Crippen LogP contribution in [0.2, 0.25) is 0 Å². The van der Waals surface area contributed by atoms with Crippen molar-refractivity contribution < 1.29 is 9.53 Å². The molecular formula is C15H17N3O3. The topological polar surface area (TPSA) is 86.3 Å². The van der Waals surface area contributed by atoms with E-state index >= 15 is 0 Å². The number of hydrogen-bond acceptors (Lipinski definition) is 4. The predicted molar refractivity (Wildman–Crippen MR) is 81.7 cm³/mol. The number of amides is 1. The molecule has 1 heterocycles. The molecule has 1 aromatic heterocycles. The average molecular weight is 287 g/mol. The van der Waals surface area contributed by atoms with Gasteiger partial charge in [-0.05, 0) is 25.1 Å². The van der Waals surface area contributed by atoms with E-state index in [9.17, 15) is 9.59 Å². The van der Waals surface area contributed by atoms with Crippen LogP contribution in [-0.4, -0.2) is 17.1 Å². The molecule has 0 aliphatic rings. The largest absolute Gasteiger partial charge is 0.494 e. The minimum Gasteiger partial charge on any atom is -0.494 e. The van der Waals surface area contributed by atoms with Crippen molar-refractivity contribution in [2.45, 2.75) is 6.92 Å². The number of nitrogens with two attached hydrogens (primary N) is 1. The monoisotopic (exact) mass is 287 g/mol. The SMILES string of the molecule is CCOc1cc(N)cc(C(=O)Nc2ccc(=O)n(C)c2)c1. The Morgan fingerprint density at radius 1 is 1.33 bits per heavy atom. The van der Waals surface area contributed by atoms with Gasteiger partial charge in [-0.3, -0.25) is 9.59 Å². The summed E-state index contributed by atoms with van der Waals surface area (Å²) in [7, 11) is 1.62. The summed E-state index contributed by atoms with van der Waals surface area (Å²) in [5.41, 5.74) is 6.99. The molecule has 0 saturated heterocycles. The first-order chi connectivity index (χ1) is 9.99. The van der Waals surface area contributed by atoms with E-state index in [2.05, 4.69) is 5.32 Å². The number of anilines is 2. The zero-order chi connectivity index (χ0) is 15.4. The van der Waals surface area contributed by atoms with Crippen molar-refractivity contribution in [3.05, 3.63) is 52.4 Å². The van der Waals surface area contributed by atoms with E-state index in [1.54, 1.807) is 37.5 Å². The molecule has 1 aromatic carbocycles. The average Bonchev–Trinajstić information content (AvgIpc) is 2.42. The lowest BCUT2D eigenvalue weighted by atomic mass is 10.1. The normalized spacial score (nSPS) is 10.2. The third kappa shape index (κ3) is 3.62. The summed E-state index contributed by atoms with van der Waals surface area (Å²) < 4.78 is 6.75. The van der Waals surface area contributed by atoms with Crippen LogP contribution < -0.4 is 21.3 Å². The molecule has 21 heavy (non-hydrogen) atoms. The number of nitrogen functional groups attached to an aromatic ring is 1. The zero-order valence-electron chi connectivity index (χ0n) is 11.9. The summed E-state index contributed by atoms with van der Waals surface area (Å²) in [5.74, 6) is 0.227. The highest BCUT2D eigenvalue weighted by Crippen LogP contribution is 2.20. The first-order valence-electron chi connectivity index (χ1n) is 6.51. The van der Waals surface area contributed by atoms with Crippen LogP contribution in [0.15, 0.2) is 41.3 Å². The number of benzene rings is 1. The highest BCUT2D eigenvalue weighted by atomic mass is 16.5. The lowest BCUT2D eigenvalue weighted by molar-refractivity contribution is 0.102. The Hall–Kier alpha value is -2.76. The number of nitrogens with zero attached hydrogens (tertiary/aromatic N) is 1. The second kappa shape index (κ2) is 6.13. The summed E-state index contributed by atoms with van der Waals surface area (Å²) in [4.78, 5) is 23.5. The van der Waals surface area contributed by atoms with Gasteiger partial charge in [0.05, 0.1) is 12.3 Å². The molecule has 0 saturated carbocycles. The number of aryl methyl sites for hydroxylation is 1. The van der Waals surface area contributed by atoms with Crippen molar-refractivity contribution in [3.8, 4) is 5.75 Å². The van der Waals surface area contributed by atoms with Gasteiger partial charge in [0, 0.05) is 36.6 Å². The molecule has 0 fully saturated rings. The Labute approximate surface area is 122 Å². The molecule has 0 spiro atoms. The van der Waals surface area contributed by atoms with Crippen molar-refractivity contribution in [1.82, 2.24) is 4.57 Å². The molecule has 3 N–H and O–H groups in total. The molecule has 0 aliphatic carbocycles. The van der Waals surface area contributed by atoms with Crippen molar-refractivity contribution in [3.63, 3.8) is 0 Å². The first kappa shape index (κ1) is 14.6. The number of aromatic nitrogens is 1. The van der Waals surface area contributed by atoms with Gasteiger partial charge in [-0.1, -0.05) is 0 Å². The number of nitrogens with one attached hydrogen (secondary N) is 1. The van der Waals surface area contributed by atoms with E-state index < -0.39 is 0 Å². The summed E-state index contributed by atoms with van der Waals surface area (Å²) in [5, 5.41) is 2.71. The van der Waals surface area contributed by atoms with Gasteiger partial charge in [0.1, 0.15) is 5.75 Å². The number of carbonyl (C=O) groups is 1. The maximum absolute atomic E-state index is 12.2. The van der Waals surface area contributed by atoms with Crippen LogP contribution in [0.5, 0.6) is 5.75 Å². The van der Waals surface area contributed by atoms with Crippen LogP contribution in [0.25, 0.3) is 0 Å². The summed E-state index contributed by atoms with van der Waals surface area (Å²) in [6.07, 6.45) is 1.55. The van der Waals surface area contributed by atoms with E-state index in [0.717, 1.165) is 0 Å². The van der Waals surface area contributed by atoms with E-state index in [-0.39, 0.29) is 11.5 Å². The summed E-state index contributed by atoms with van der Waals surface area (Å²) in [6.45, 7) is 2.35. The Kier molecular flexibility index (Phi) is 4.27. The molecule has 0 radical (unpaired) electrons. The van der Waals surface area contributed by atoms with E-state index in [0.29, 0.717) is 29.3 Å². The van der Waals surface area contributed by atoms with E-state index in [1.165, 1.54) is 10.6 Å². The van der Waals surface area contributed by atoms with Gasteiger partial charge in [-0.25, -0.2) is 0 Å². The Balaban J connectivity index is 2.23. The smallest absolute Gasteiger partial charge is 0.255 e. The van der Waals surface area contributed by atoms with Crippen LogP contribution in [-0.2, 0) is 7.05 Å². The van der Waals surface area contributed by atoms with Crippen molar-refractivity contribution in [2.24, 2.45) is 7.05 Å². The van der Waals surface area contributed by atoms with E-state index in [4.69, 9.17) is 10.5 Å². The minimum absolute atomic E-state index is 0.143. The number of hydrogen-bond donors (Lipinski definition) is 2. The predicted octanol–water partition coefficient (Wildman–Crippen LogP) is 1.62. The third-order valence-corrected chi connectivity index (χ3v) is 2.85. The summed E-state index contributed by atoms with van der Waals surface area (Å²) in [6, 6.07) is 7.79. The Bertz CT molecular complexity index is 722. The van der Waals surface area contributed by atoms with Crippen molar-refractivity contribution in [2.75, 3.05) is 17.7 Å². The fourth-order valence-corrected chi connectivity index (χ4v) is 1.87. The highest BCUT2D eigenvalue weighted by molar-refractivity contribution is 6.05. The quantitative estimate of drug-likeness (QED) is 0.837. The minimum atomic E-state index is -0.318. The molecule has 2 aromatic rings. The fraction of sp³-hybridized carbons (Fsp3) is 0.200. The molecule has 0 atom stereocenters. The van der Waals surface area contributed by atoms with Crippen LogP contribution in [0.3, 0.4) is 0 Å². The van der Waals surface area contributed by atoms with Crippen LogP contribution in [0, 0.1) is 0 Å². The van der Waals surface area contributed by atoms with Crippen molar-refractivity contribution >= 4 is 17.3 Å². The standard InChI is InChI=1S/C15H17N3O3/c1-3-21-13-7-10(6-11(16)8-13)15(20)17-12-4-5-14(19)18(2)9-12/h4-9H,3,16H2,1-2H3,(H,17,20). The molecule has 0 unspecified atom stereocenters. The van der Waals surface area contributed by atoms with Gasteiger partial charge < -0.3 is 20.4 Å². The lowest BCUT2D eigenvalue weighted by Gasteiger charge is -2.09. The van der Waals surface area contributed by atoms with Gasteiger partial charge >= 0.3 is 0 Å². The van der Waals surface area contributed by atoms with Gasteiger partial charge in [-0.15, -0.1) is 0 Å². The molecular weight excluding hydrogens is 270 g/mol. The molecule has 110 valence electrons.